The van der Waals surface area contributed by atoms with E-state index in [4.69, 9.17) is 9.47 Å². The Labute approximate surface area is 164 Å². The van der Waals surface area contributed by atoms with Crippen molar-refractivity contribution >= 4 is 23.3 Å². The minimum Gasteiger partial charge on any atom is -0.493 e. The number of methoxy groups -OCH3 is 1. The van der Waals surface area contributed by atoms with Crippen LogP contribution in [0.15, 0.2) is 54.4 Å². The van der Waals surface area contributed by atoms with Crippen molar-refractivity contribution in [2.24, 2.45) is 0 Å². The van der Waals surface area contributed by atoms with Crippen LogP contribution in [-0.4, -0.2) is 45.2 Å². The van der Waals surface area contributed by atoms with Crippen molar-refractivity contribution in [2.75, 3.05) is 34.4 Å². The Morgan fingerprint density at radius 2 is 2.15 bits per heavy atom. The van der Waals surface area contributed by atoms with Crippen molar-refractivity contribution < 1.29 is 14.3 Å². The molecule has 1 atom stereocenters. The second kappa shape index (κ2) is 10.5. The van der Waals surface area contributed by atoms with E-state index in [1.807, 2.05) is 43.7 Å². The average Bonchev–Trinajstić information content (AvgIpc) is 3.19. The van der Waals surface area contributed by atoms with Crippen molar-refractivity contribution in [1.82, 2.24) is 10.2 Å². The van der Waals surface area contributed by atoms with E-state index in [9.17, 15) is 4.79 Å². The molecule has 0 bridgehead atoms. The van der Waals surface area contributed by atoms with E-state index < -0.39 is 0 Å². The molecular weight excluding hydrogens is 360 g/mol. The third-order valence-corrected chi connectivity index (χ3v) is 4.91. The maximum absolute atomic E-state index is 12.2. The minimum absolute atomic E-state index is 0.135. The number of nitrogens with zero attached hydrogens (tertiary/aromatic N) is 1. The van der Waals surface area contributed by atoms with Crippen LogP contribution in [0.2, 0.25) is 0 Å². The standard InChI is InChI=1S/C21H26N2O3S/c1-5-12-26-18-10-8-16(14-19(18)25-4)9-11-21(24)22-15-17(23(2)3)20-7-6-13-27-20/h5-11,13-14,17H,1,12,15H2,2-4H3,(H,22,24)/b11-9+. The number of benzene rings is 1. The van der Waals surface area contributed by atoms with Gasteiger partial charge in [-0.3, -0.25) is 4.79 Å². The maximum Gasteiger partial charge on any atom is 0.244 e. The minimum atomic E-state index is -0.135. The molecule has 1 aromatic carbocycles. The van der Waals surface area contributed by atoms with Gasteiger partial charge in [-0.2, -0.15) is 0 Å². The SMILES string of the molecule is C=CCOc1ccc(/C=C/C(=O)NCC(c2cccs2)N(C)C)cc1OC. The molecule has 0 aliphatic carbocycles. The van der Waals surface area contributed by atoms with E-state index in [0.717, 1.165) is 5.56 Å². The summed E-state index contributed by atoms with van der Waals surface area (Å²) < 4.78 is 10.9. The summed E-state index contributed by atoms with van der Waals surface area (Å²) in [5.74, 6) is 1.12. The van der Waals surface area contributed by atoms with Gasteiger partial charge in [0.15, 0.2) is 11.5 Å². The predicted molar refractivity (Wildman–Crippen MR) is 111 cm³/mol. The van der Waals surface area contributed by atoms with Gasteiger partial charge in [-0.25, -0.2) is 0 Å². The zero-order valence-electron chi connectivity index (χ0n) is 16.0. The number of amides is 1. The molecule has 6 heteroatoms. The Hall–Kier alpha value is -2.57. The molecule has 2 rings (SSSR count). The van der Waals surface area contributed by atoms with Crippen LogP contribution in [0.5, 0.6) is 11.5 Å². The quantitative estimate of drug-likeness (QED) is 0.499. The molecule has 5 nitrogen and oxygen atoms in total. The lowest BCUT2D eigenvalue weighted by atomic mass is 10.2. The summed E-state index contributed by atoms with van der Waals surface area (Å²) >= 11 is 1.69. The Morgan fingerprint density at radius 1 is 1.33 bits per heavy atom. The molecule has 27 heavy (non-hydrogen) atoms. The monoisotopic (exact) mass is 386 g/mol. The third kappa shape index (κ3) is 6.27. The number of nitrogens with one attached hydrogen (secondary N) is 1. The van der Waals surface area contributed by atoms with Crippen molar-refractivity contribution in [1.29, 1.82) is 0 Å². The summed E-state index contributed by atoms with van der Waals surface area (Å²) in [6, 6.07) is 9.78. The third-order valence-electron chi connectivity index (χ3n) is 3.94. The van der Waals surface area contributed by atoms with Gasteiger partial charge >= 0.3 is 0 Å². The van der Waals surface area contributed by atoms with Crippen molar-refractivity contribution in [3.05, 3.63) is 64.9 Å². The first-order valence-corrected chi connectivity index (χ1v) is 9.50. The Morgan fingerprint density at radius 3 is 2.78 bits per heavy atom. The highest BCUT2D eigenvalue weighted by Crippen LogP contribution is 2.28. The second-order valence-electron chi connectivity index (χ2n) is 6.08. The number of hydrogen-bond acceptors (Lipinski definition) is 5. The van der Waals surface area contributed by atoms with Crippen LogP contribution in [0.4, 0.5) is 0 Å². The number of likely N-dealkylation sites (N-methyl/N-ethyl adjacent to an activating group) is 1. The molecule has 1 heterocycles. The molecule has 0 aliphatic heterocycles. The molecule has 0 fully saturated rings. The van der Waals surface area contributed by atoms with E-state index in [-0.39, 0.29) is 11.9 Å². The van der Waals surface area contributed by atoms with Crippen molar-refractivity contribution in [3.63, 3.8) is 0 Å². The Bertz CT molecular complexity index is 770. The fraction of sp³-hybridized carbons (Fsp3) is 0.286. The average molecular weight is 387 g/mol. The highest BCUT2D eigenvalue weighted by molar-refractivity contribution is 7.10. The van der Waals surface area contributed by atoms with Gasteiger partial charge in [-0.1, -0.05) is 24.8 Å². The van der Waals surface area contributed by atoms with Crippen LogP contribution in [0, 0.1) is 0 Å². The van der Waals surface area contributed by atoms with E-state index in [2.05, 4.69) is 22.9 Å². The van der Waals surface area contributed by atoms with Crippen LogP contribution in [-0.2, 0) is 4.79 Å². The van der Waals surface area contributed by atoms with Gasteiger partial charge in [0.1, 0.15) is 6.61 Å². The molecule has 0 saturated heterocycles. The van der Waals surface area contributed by atoms with Crippen molar-refractivity contribution in [3.8, 4) is 11.5 Å². The largest absolute Gasteiger partial charge is 0.493 e. The summed E-state index contributed by atoms with van der Waals surface area (Å²) in [5.41, 5.74) is 0.857. The van der Waals surface area contributed by atoms with Crippen LogP contribution < -0.4 is 14.8 Å². The summed E-state index contributed by atoms with van der Waals surface area (Å²) in [6.45, 7) is 4.59. The van der Waals surface area contributed by atoms with Crippen LogP contribution in [0.3, 0.4) is 0 Å². The summed E-state index contributed by atoms with van der Waals surface area (Å²) in [7, 11) is 5.60. The number of hydrogen-bond donors (Lipinski definition) is 1. The predicted octanol–water partition coefficient (Wildman–Crippen LogP) is 3.75. The first-order valence-electron chi connectivity index (χ1n) is 8.62. The van der Waals surface area contributed by atoms with Crippen LogP contribution in [0.1, 0.15) is 16.5 Å². The number of rotatable bonds is 10. The molecule has 0 aliphatic rings. The molecular formula is C21H26N2O3S. The fourth-order valence-electron chi connectivity index (χ4n) is 2.50. The zero-order valence-corrected chi connectivity index (χ0v) is 16.8. The van der Waals surface area contributed by atoms with E-state index in [1.165, 1.54) is 11.0 Å². The lowest BCUT2D eigenvalue weighted by molar-refractivity contribution is -0.116. The number of thiophene rings is 1. The van der Waals surface area contributed by atoms with Gasteiger partial charge in [-0.05, 0) is 49.3 Å². The van der Waals surface area contributed by atoms with Crippen LogP contribution >= 0.6 is 11.3 Å². The van der Waals surface area contributed by atoms with Gasteiger partial charge in [0.25, 0.3) is 0 Å². The van der Waals surface area contributed by atoms with Crippen LogP contribution in [0.25, 0.3) is 6.08 Å². The number of carbonyl (C=O) groups is 1. The van der Waals surface area contributed by atoms with Crippen molar-refractivity contribution in [2.45, 2.75) is 6.04 Å². The molecule has 144 valence electrons. The fourth-order valence-corrected chi connectivity index (χ4v) is 3.43. The molecule has 0 radical (unpaired) electrons. The van der Waals surface area contributed by atoms with Gasteiger partial charge in [0.05, 0.1) is 13.2 Å². The molecule has 1 amide bonds. The van der Waals surface area contributed by atoms with E-state index in [1.54, 1.807) is 30.6 Å². The van der Waals surface area contributed by atoms with E-state index in [0.29, 0.717) is 24.7 Å². The zero-order chi connectivity index (χ0) is 19.6. The highest BCUT2D eigenvalue weighted by atomic mass is 32.1. The lowest BCUT2D eigenvalue weighted by Gasteiger charge is -2.23. The smallest absolute Gasteiger partial charge is 0.244 e. The lowest BCUT2D eigenvalue weighted by Crippen LogP contribution is -2.33. The maximum atomic E-state index is 12.2. The molecule has 0 spiro atoms. The molecule has 1 unspecified atom stereocenters. The van der Waals surface area contributed by atoms with Gasteiger partial charge < -0.3 is 19.7 Å². The van der Waals surface area contributed by atoms with Gasteiger partial charge in [0, 0.05) is 17.5 Å². The number of ether oxygens (including phenoxy) is 2. The first kappa shape index (κ1) is 20.7. The second-order valence-corrected chi connectivity index (χ2v) is 7.06. The number of carbonyl (C=O) groups excluding carboxylic acids is 1. The molecule has 0 saturated carbocycles. The first-order chi connectivity index (χ1) is 13.0. The van der Waals surface area contributed by atoms with Gasteiger partial charge in [-0.15, -0.1) is 11.3 Å². The summed E-state index contributed by atoms with van der Waals surface area (Å²) in [4.78, 5) is 15.5. The molecule has 1 N–H and O–H groups in total. The molecule has 2 aromatic rings. The normalized spacial score (nSPS) is 12.1. The topological polar surface area (TPSA) is 50.8 Å². The molecule has 1 aromatic heterocycles. The van der Waals surface area contributed by atoms with Gasteiger partial charge in [0.2, 0.25) is 5.91 Å². The Balaban J connectivity index is 1.96. The Kier molecular flexibility index (Phi) is 8.10. The summed E-state index contributed by atoms with van der Waals surface area (Å²) in [5, 5.41) is 5.01. The summed E-state index contributed by atoms with van der Waals surface area (Å²) in [6.07, 6.45) is 4.96. The van der Waals surface area contributed by atoms with E-state index >= 15 is 0 Å². The highest BCUT2D eigenvalue weighted by Gasteiger charge is 2.15.